The average Bonchev–Trinajstić information content (AvgIpc) is 2.17. The maximum absolute atomic E-state index is 9.55. The van der Waals surface area contributed by atoms with Crippen LogP contribution in [0, 0.1) is 11.3 Å². The number of benzene rings is 1. The van der Waals surface area contributed by atoms with E-state index in [-0.39, 0.29) is 11.8 Å². The van der Waals surface area contributed by atoms with Crippen molar-refractivity contribution in [3.8, 4) is 11.8 Å². The Hall–Kier alpha value is -1.79. The quantitative estimate of drug-likeness (QED) is 0.711. The van der Waals surface area contributed by atoms with Gasteiger partial charge >= 0.3 is 0 Å². The zero-order chi connectivity index (χ0) is 10.6. The zero-order valence-corrected chi connectivity index (χ0v) is 7.77. The van der Waals surface area contributed by atoms with Crippen LogP contribution in [0.3, 0.4) is 0 Å². The Labute approximate surface area is 83.1 Å². The molecule has 14 heavy (non-hydrogen) atoms. The van der Waals surface area contributed by atoms with Gasteiger partial charge in [-0.1, -0.05) is 12.1 Å². The zero-order valence-electron chi connectivity index (χ0n) is 7.77. The highest BCUT2D eigenvalue weighted by molar-refractivity contribution is 5.43. The second-order valence-electron chi connectivity index (χ2n) is 3.02. The number of aromatic hydroxyl groups is 1. The highest BCUT2D eigenvalue weighted by Gasteiger charge is 2.09. The van der Waals surface area contributed by atoms with Gasteiger partial charge in [0.1, 0.15) is 5.75 Å². The molecular weight excluding hydrogens is 176 g/mol. The van der Waals surface area contributed by atoms with E-state index in [4.69, 9.17) is 11.0 Å². The van der Waals surface area contributed by atoms with Crippen molar-refractivity contribution in [1.82, 2.24) is 0 Å². The minimum absolute atomic E-state index is 0.0680. The summed E-state index contributed by atoms with van der Waals surface area (Å²) >= 11 is 0. The smallest absolute Gasteiger partial charge is 0.121 e. The monoisotopic (exact) mass is 188 g/mol. The fourth-order valence-electron chi connectivity index (χ4n) is 1.23. The third kappa shape index (κ3) is 2.12. The molecule has 0 fully saturated rings. The molecule has 0 amide bonds. The third-order valence-electron chi connectivity index (χ3n) is 1.98. The summed E-state index contributed by atoms with van der Waals surface area (Å²) in [6.45, 7) is 3.58. The van der Waals surface area contributed by atoms with Gasteiger partial charge in [-0.05, 0) is 18.6 Å². The summed E-state index contributed by atoms with van der Waals surface area (Å²) in [4.78, 5) is 0. The predicted octanol–water partition coefficient (Wildman–Crippen LogP) is 1.84. The second-order valence-corrected chi connectivity index (χ2v) is 3.02. The van der Waals surface area contributed by atoms with Crippen molar-refractivity contribution in [2.45, 2.75) is 12.5 Å². The summed E-state index contributed by atoms with van der Waals surface area (Å²) in [7, 11) is 0. The van der Waals surface area contributed by atoms with Crippen molar-refractivity contribution < 1.29 is 5.11 Å². The van der Waals surface area contributed by atoms with Crippen LogP contribution in [0.2, 0.25) is 0 Å². The van der Waals surface area contributed by atoms with Crippen LogP contribution >= 0.6 is 0 Å². The van der Waals surface area contributed by atoms with E-state index in [9.17, 15) is 5.11 Å². The molecule has 1 aromatic carbocycles. The summed E-state index contributed by atoms with van der Waals surface area (Å²) in [5, 5.41) is 18.1. The molecule has 0 aromatic heterocycles. The molecule has 0 spiro atoms. The highest BCUT2D eigenvalue weighted by atomic mass is 16.3. The number of hydrogen-bond acceptors (Lipinski definition) is 3. The summed E-state index contributed by atoms with van der Waals surface area (Å²) in [6.07, 6.45) is 2.29. The number of nitrogens with two attached hydrogens (primary N) is 1. The van der Waals surface area contributed by atoms with Crippen LogP contribution in [-0.4, -0.2) is 5.11 Å². The molecule has 3 nitrogen and oxygen atoms in total. The van der Waals surface area contributed by atoms with Gasteiger partial charge in [0.05, 0.1) is 11.6 Å². The van der Waals surface area contributed by atoms with Crippen LogP contribution in [0.4, 0.5) is 0 Å². The summed E-state index contributed by atoms with van der Waals surface area (Å²) in [6, 6.07) is 6.40. The maximum Gasteiger partial charge on any atom is 0.121 e. The molecule has 1 aromatic rings. The average molecular weight is 188 g/mol. The summed E-state index contributed by atoms with van der Waals surface area (Å²) < 4.78 is 0. The Kier molecular flexibility index (Phi) is 3.27. The van der Waals surface area contributed by atoms with E-state index in [1.807, 2.05) is 6.07 Å². The minimum atomic E-state index is -0.264. The largest absolute Gasteiger partial charge is 0.508 e. The van der Waals surface area contributed by atoms with E-state index in [1.54, 1.807) is 18.2 Å². The van der Waals surface area contributed by atoms with E-state index in [2.05, 4.69) is 6.58 Å². The Bertz CT molecular complexity index is 379. The molecule has 0 aliphatic carbocycles. The molecule has 0 bridgehead atoms. The lowest BCUT2D eigenvalue weighted by Gasteiger charge is -2.11. The Balaban J connectivity index is 3.00. The maximum atomic E-state index is 9.55. The van der Waals surface area contributed by atoms with Crippen molar-refractivity contribution in [2.75, 3.05) is 0 Å². The Morgan fingerprint density at radius 3 is 2.86 bits per heavy atom. The van der Waals surface area contributed by atoms with Crippen LogP contribution in [0.1, 0.15) is 23.6 Å². The van der Waals surface area contributed by atoms with E-state index < -0.39 is 0 Å². The van der Waals surface area contributed by atoms with Gasteiger partial charge in [-0.25, -0.2) is 0 Å². The Morgan fingerprint density at radius 2 is 2.36 bits per heavy atom. The summed E-state index contributed by atoms with van der Waals surface area (Å²) in [5.41, 5.74) is 6.85. The number of nitrogens with zero attached hydrogens (tertiary/aromatic N) is 1. The molecule has 1 atom stereocenters. The SMILES string of the molecule is C=CC[C@@H](N)c1ccc(C#N)cc1O. The molecule has 72 valence electrons. The molecule has 3 N–H and O–H groups in total. The fourth-order valence-corrected chi connectivity index (χ4v) is 1.23. The van der Waals surface area contributed by atoms with E-state index >= 15 is 0 Å². The topological polar surface area (TPSA) is 70.0 Å². The summed E-state index contributed by atoms with van der Waals surface area (Å²) in [5.74, 6) is 0.0680. The lowest BCUT2D eigenvalue weighted by molar-refractivity contribution is 0.461. The molecule has 0 saturated heterocycles. The van der Waals surface area contributed by atoms with Crippen LogP contribution in [0.5, 0.6) is 5.75 Å². The standard InChI is InChI=1S/C11H12N2O/c1-2-3-10(13)9-5-4-8(7-12)6-11(9)14/h2,4-6,10,14H,1,3,13H2/t10-/m1/s1. The molecule has 0 aliphatic heterocycles. The molecule has 3 heteroatoms. The van der Waals surface area contributed by atoms with Crippen molar-refractivity contribution in [3.63, 3.8) is 0 Å². The van der Waals surface area contributed by atoms with Crippen LogP contribution in [0.25, 0.3) is 0 Å². The molecule has 0 unspecified atom stereocenters. The van der Waals surface area contributed by atoms with E-state index in [0.29, 0.717) is 17.5 Å². The van der Waals surface area contributed by atoms with Gasteiger partial charge in [0.15, 0.2) is 0 Å². The van der Waals surface area contributed by atoms with Gasteiger partial charge < -0.3 is 10.8 Å². The van der Waals surface area contributed by atoms with Gasteiger partial charge in [0.2, 0.25) is 0 Å². The van der Waals surface area contributed by atoms with Crippen molar-refractivity contribution in [1.29, 1.82) is 5.26 Å². The van der Waals surface area contributed by atoms with Crippen LogP contribution in [0.15, 0.2) is 30.9 Å². The second kappa shape index (κ2) is 4.45. The molecule has 0 radical (unpaired) electrons. The molecule has 1 rings (SSSR count). The molecule has 0 aliphatic rings. The Morgan fingerprint density at radius 1 is 1.64 bits per heavy atom. The number of rotatable bonds is 3. The minimum Gasteiger partial charge on any atom is -0.508 e. The molecule has 0 saturated carbocycles. The number of nitriles is 1. The first kappa shape index (κ1) is 10.3. The van der Waals surface area contributed by atoms with Crippen molar-refractivity contribution >= 4 is 0 Å². The van der Waals surface area contributed by atoms with Crippen molar-refractivity contribution in [3.05, 3.63) is 42.0 Å². The lowest BCUT2D eigenvalue weighted by Crippen LogP contribution is -2.09. The van der Waals surface area contributed by atoms with Gasteiger partial charge in [0, 0.05) is 11.6 Å². The third-order valence-corrected chi connectivity index (χ3v) is 1.98. The van der Waals surface area contributed by atoms with Gasteiger partial charge in [-0.15, -0.1) is 6.58 Å². The van der Waals surface area contributed by atoms with Crippen LogP contribution < -0.4 is 5.73 Å². The predicted molar refractivity (Wildman–Crippen MR) is 54.6 cm³/mol. The van der Waals surface area contributed by atoms with Crippen molar-refractivity contribution in [2.24, 2.45) is 5.73 Å². The number of phenolic OH excluding ortho intramolecular Hbond substituents is 1. The first-order valence-electron chi connectivity index (χ1n) is 4.28. The van der Waals surface area contributed by atoms with E-state index in [1.165, 1.54) is 6.07 Å². The van der Waals surface area contributed by atoms with Gasteiger partial charge in [0.25, 0.3) is 0 Å². The normalized spacial score (nSPS) is 11.7. The fraction of sp³-hybridized carbons (Fsp3) is 0.182. The number of hydrogen-bond donors (Lipinski definition) is 2. The van der Waals surface area contributed by atoms with Crippen LogP contribution in [-0.2, 0) is 0 Å². The lowest BCUT2D eigenvalue weighted by atomic mass is 10.0. The first-order chi connectivity index (χ1) is 6.69. The molecule has 0 heterocycles. The number of phenols is 1. The van der Waals surface area contributed by atoms with Gasteiger partial charge in [-0.3, -0.25) is 0 Å². The highest BCUT2D eigenvalue weighted by Crippen LogP contribution is 2.25. The van der Waals surface area contributed by atoms with Gasteiger partial charge in [-0.2, -0.15) is 5.26 Å². The van der Waals surface area contributed by atoms with E-state index in [0.717, 1.165) is 0 Å². The molecular formula is C11H12N2O. The first-order valence-corrected chi connectivity index (χ1v) is 4.28.